The summed E-state index contributed by atoms with van der Waals surface area (Å²) in [5.41, 5.74) is 0. The van der Waals surface area contributed by atoms with Gasteiger partial charge in [-0.25, -0.2) is 8.42 Å². The monoisotopic (exact) mass is 386 g/mol. The first-order chi connectivity index (χ1) is 11.9. The Bertz CT molecular complexity index is 732. The average Bonchev–Trinajstić information content (AvgIpc) is 3.25. The number of thiophene rings is 1. The predicted octanol–water partition coefficient (Wildman–Crippen LogP) is 0.813. The van der Waals surface area contributed by atoms with Crippen molar-refractivity contribution < 1.29 is 23.1 Å². The molecule has 9 heteroatoms. The van der Waals surface area contributed by atoms with Gasteiger partial charge in [0.05, 0.1) is 24.6 Å². The van der Waals surface area contributed by atoms with Gasteiger partial charge in [-0.05, 0) is 37.3 Å². The van der Waals surface area contributed by atoms with Crippen LogP contribution in [-0.2, 0) is 26.0 Å². The standard InChI is InChI=1S/C16H22N2O5S2/c19-15(10-17-6-1-4-14(17)16(20)21)18(9-13-3-2-7-24-13)12-5-8-25(22,23)11-12/h2-3,7,12,14H,1,4-6,8-11H2,(H,20,21). The molecule has 2 unspecified atom stereocenters. The van der Waals surface area contributed by atoms with Crippen LogP contribution in [0.1, 0.15) is 24.1 Å². The number of amides is 1. The summed E-state index contributed by atoms with van der Waals surface area (Å²) in [5.74, 6) is -0.998. The van der Waals surface area contributed by atoms with Gasteiger partial charge in [0.2, 0.25) is 5.91 Å². The van der Waals surface area contributed by atoms with Gasteiger partial charge in [-0.15, -0.1) is 11.3 Å². The lowest BCUT2D eigenvalue weighted by molar-refractivity contribution is -0.143. The van der Waals surface area contributed by atoms with Crippen LogP contribution in [0.3, 0.4) is 0 Å². The highest BCUT2D eigenvalue weighted by molar-refractivity contribution is 7.91. The lowest BCUT2D eigenvalue weighted by Crippen LogP contribution is -2.48. The van der Waals surface area contributed by atoms with Crippen LogP contribution >= 0.6 is 11.3 Å². The van der Waals surface area contributed by atoms with Gasteiger partial charge in [-0.2, -0.15) is 0 Å². The molecule has 0 radical (unpaired) electrons. The molecule has 138 valence electrons. The molecular weight excluding hydrogens is 364 g/mol. The molecule has 2 aliphatic rings. The number of carboxylic acids is 1. The Kier molecular flexibility index (Phi) is 5.45. The van der Waals surface area contributed by atoms with Gasteiger partial charge in [-0.1, -0.05) is 6.07 Å². The molecule has 25 heavy (non-hydrogen) atoms. The maximum atomic E-state index is 12.9. The van der Waals surface area contributed by atoms with Crippen LogP contribution in [0.5, 0.6) is 0 Å². The minimum absolute atomic E-state index is 0.00747. The Morgan fingerprint density at radius 3 is 2.76 bits per heavy atom. The van der Waals surface area contributed by atoms with Crippen LogP contribution < -0.4 is 0 Å². The molecule has 0 bridgehead atoms. The van der Waals surface area contributed by atoms with Crippen molar-refractivity contribution in [3.63, 3.8) is 0 Å². The molecule has 0 aliphatic carbocycles. The van der Waals surface area contributed by atoms with Crippen LogP contribution in [0, 0.1) is 0 Å². The first-order valence-electron chi connectivity index (χ1n) is 8.35. The molecule has 7 nitrogen and oxygen atoms in total. The van der Waals surface area contributed by atoms with Gasteiger partial charge in [0.25, 0.3) is 0 Å². The summed E-state index contributed by atoms with van der Waals surface area (Å²) in [4.78, 5) is 28.5. The molecule has 1 amide bonds. The SMILES string of the molecule is O=C(O)C1CCCN1CC(=O)N(Cc1cccs1)C1CCS(=O)(=O)C1. The van der Waals surface area contributed by atoms with Crippen molar-refractivity contribution in [2.45, 2.75) is 37.9 Å². The molecule has 0 spiro atoms. The van der Waals surface area contributed by atoms with E-state index in [1.54, 1.807) is 9.80 Å². The second-order valence-electron chi connectivity index (χ2n) is 6.62. The molecule has 1 aromatic rings. The Morgan fingerprint density at radius 2 is 2.16 bits per heavy atom. The molecule has 2 saturated heterocycles. The Labute approximate surface area is 151 Å². The number of carbonyl (C=O) groups is 2. The van der Waals surface area contributed by atoms with E-state index in [-0.39, 0.29) is 30.0 Å². The topological polar surface area (TPSA) is 95.0 Å². The second-order valence-corrected chi connectivity index (χ2v) is 9.89. The zero-order chi connectivity index (χ0) is 18.0. The molecule has 1 aromatic heterocycles. The molecule has 2 atom stereocenters. The summed E-state index contributed by atoms with van der Waals surface area (Å²) in [6.07, 6.45) is 1.75. The summed E-state index contributed by atoms with van der Waals surface area (Å²) >= 11 is 1.52. The summed E-state index contributed by atoms with van der Waals surface area (Å²) in [6, 6.07) is 2.87. The number of hydrogen-bond acceptors (Lipinski definition) is 6. The van der Waals surface area contributed by atoms with Gasteiger partial charge in [0, 0.05) is 10.9 Å². The summed E-state index contributed by atoms with van der Waals surface area (Å²) in [6.45, 7) is 0.986. The number of nitrogens with zero attached hydrogens (tertiary/aromatic N) is 2. The third-order valence-corrected chi connectivity index (χ3v) is 7.47. The number of sulfone groups is 1. The summed E-state index contributed by atoms with van der Waals surface area (Å²) < 4.78 is 23.7. The molecule has 2 aliphatic heterocycles. The van der Waals surface area contributed by atoms with E-state index < -0.39 is 21.8 Å². The van der Waals surface area contributed by atoms with Crippen molar-refractivity contribution in [2.75, 3.05) is 24.6 Å². The fraction of sp³-hybridized carbons (Fsp3) is 0.625. The molecule has 2 fully saturated rings. The number of rotatable bonds is 6. The largest absolute Gasteiger partial charge is 0.480 e. The van der Waals surface area contributed by atoms with Crippen molar-refractivity contribution in [1.29, 1.82) is 0 Å². The van der Waals surface area contributed by atoms with E-state index in [1.165, 1.54) is 11.3 Å². The van der Waals surface area contributed by atoms with Gasteiger partial charge < -0.3 is 10.0 Å². The number of carboxylic acid groups (broad SMARTS) is 1. The van der Waals surface area contributed by atoms with E-state index in [2.05, 4.69) is 0 Å². The normalized spacial score (nSPS) is 25.9. The molecule has 3 heterocycles. The van der Waals surface area contributed by atoms with Crippen LogP contribution in [0.25, 0.3) is 0 Å². The van der Waals surface area contributed by atoms with Gasteiger partial charge in [-0.3, -0.25) is 14.5 Å². The minimum atomic E-state index is -3.10. The van der Waals surface area contributed by atoms with Gasteiger partial charge >= 0.3 is 5.97 Å². The van der Waals surface area contributed by atoms with Crippen LogP contribution in [0.2, 0.25) is 0 Å². The van der Waals surface area contributed by atoms with Gasteiger partial charge in [0.1, 0.15) is 6.04 Å². The predicted molar refractivity (Wildman–Crippen MR) is 94.2 cm³/mol. The smallest absolute Gasteiger partial charge is 0.320 e. The van der Waals surface area contributed by atoms with E-state index in [0.717, 1.165) is 11.3 Å². The van der Waals surface area contributed by atoms with Crippen molar-refractivity contribution in [1.82, 2.24) is 9.80 Å². The first kappa shape index (κ1) is 18.3. The Hall–Kier alpha value is -1.45. The molecule has 0 aromatic carbocycles. The van der Waals surface area contributed by atoms with Crippen molar-refractivity contribution in [2.24, 2.45) is 0 Å². The average molecular weight is 386 g/mol. The zero-order valence-corrected chi connectivity index (χ0v) is 15.5. The van der Waals surface area contributed by atoms with E-state index in [0.29, 0.717) is 25.9 Å². The van der Waals surface area contributed by atoms with Crippen LogP contribution in [0.15, 0.2) is 17.5 Å². The molecule has 3 rings (SSSR count). The first-order valence-corrected chi connectivity index (χ1v) is 11.0. The zero-order valence-electron chi connectivity index (χ0n) is 13.8. The van der Waals surface area contributed by atoms with Crippen LogP contribution in [0.4, 0.5) is 0 Å². The van der Waals surface area contributed by atoms with Crippen molar-refractivity contribution in [3.8, 4) is 0 Å². The summed E-state index contributed by atoms with van der Waals surface area (Å²) in [5, 5.41) is 11.2. The fourth-order valence-electron chi connectivity index (χ4n) is 3.57. The maximum Gasteiger partial charge on any atom is 0.320 e. The van der Waals surface area contributed by atoms with Crippen LogP contribution in [-0.4, -0.2) is 71.9 Å². The van der Waals surface area contributed by atoms with Crippen molar-refractivity contribution >= 4 is 33.1 Å². The Morgan fingerprint density at radius 1 is 1.36 bits per heavy atom. The maximum absolute atomic E-state index is 12.9. The van der Waals surface area contributed by atoms with E-state index in [1.807, 2.05) is 17.5 Å². The Balaban J connectivity index is 1.74. The highest BCUT2D eigenvalue weighted by Crippen LogP contribution is 2.23. The lowest BCUT2D eigenvalue weighted by atomic mass is 10.2. The fourth-order valence-corrected chi connectivity index (χ4v) is 6.01. The third kappa shape index (κ3) is 4.39. The van der Waals surface area contributed by atoms with E-state index in [9.17, 15) is 23.1 Å². The minimum Gasteiger partial charge on any atom is -0.480 e. The summed E-state index contributed by atoms with van der Waals surface area (Å²) in [7, 11) is -3.10. The highest BCUT2D eigenvalue weighted by Gasteiger charge is 2.37. The van der Waals surface area contributed by atoms with Crippen molar-refractivity contribution in [3.05, 3.63) is 22.4 Å². The van der Waals surface area contributed by atoms with Gasteiger partial charge in [0.15, 0.2) is 9.84 Å². The number of aliphatic carboxylic acids is 1. The molecular formula is C16H22N2O5S2. The number of hydrogen-bond donors (Lipinski definition) is 1. The third-order valence-electron chi connectivity index (χ3n) is 4.86. The molecule has 1 N–H and O–H groups in total. The van der Waals surface area contributed by atoms with E-state index in [4.69, 9.17) is 0 Å². The highest BCUT2D eigenvalue weighted by atomic mass is 32.2. The van der Waals surface area contributed by atoms with E-state index >= 15 is 0 Å². The quantitative estimate of drug-likeness (QED) is 0.778. The second kappa shape index (κ2) is 7.43. The number of likely N-dealkylation sites (tertiary alicyclic amines) is 1. The lowest BCUT2D eigenvalue weighted by Gasteiger charge is -2.30. The molecule has 0 saturated carbocycles. The number of carbonyl (C=O) groups excluding carboxylic acids is 1.